The smallest absolute Gasteiger partial charge is 0.0445 e. The quantitative estimate of drug-likeness (QED) is 0.666. The highest BCUT2D eigenvalue weighted by molar-refractivity contribution is 4.69. The zero-order chi connectivity index (χ0) is 10.2. The van der Waals surface area contributed by atoms with Gasteiger partial charge in [0.15, 0.2) is 0 Å². The molecule has 84 valence electrons. The van der Waals surface area contributed by atoms with Crippen LogP contribution >= 0.6 is 0 Å². The van der Waals surface area contributed by atoms with E-state index in [1.165, 1.54) is 38.5 Å². The Hall–Kier alpha value is -0.0800. The van der Waals surface area contributed by atoms with Crippen molar-refractivity contribution >= 4 is 0 Å². The molecule has 0 spiro atoms. The van der Waals surface area contributed by atoms with Crippen molar-refractivity contribution in [1.82, 2.24) is 5.32 Å². The predicted octanol–water partition coefficient (Wildman–Crippen LogP) is 2.32. The summed E-state index contributed by atoms with van der Waals surface area (Å²) in [5, 5.41) is 12.3. The van der Waals surface area contributed by atoms with Gasteiger partial charge in [0.2, 0.25) is 0 Å². The second kappa shape index (κ2) is 7.24. The molecule has 0 amide bonds. The summed E-state index contributed by atoms with van der Waals surface area (Å²) in [6, 6.07) is 0.475. The van der Waals surface area contributed by atoms with Crippen molar-refractivity contribution in [3.63, 3.8) is 0 Å². The maximum absolute atomic E-state index is 8.78. The minimum Gasteiger partial charge on any atom is -0.396 e. The lowest BCUT2D eigenvalue weighted by atomic mass is 10.00. The van der Waals surface area contributed by atoms with E-state index in [-0.39, 0.29) is 0 Å². The van der Waals surface area contributed by atoms with Crippen LogP contribution in [0.25, 0.3) is 0 Å². The third-order valence-electron chi connectivity index (χ3n) is 3.29. The molecule has 0 heterocycles. The number of nitrogens with one attached hydrogen (secondary N) is 1. The summed E-state index contributed by atoms with van der Waals surface area (Å²) in [6.07, 6.45) is 9.39. The van der Waals surface area contributed by atoms with Crippen LogP contribution in [-0.4, -0.2) is 24.3 Å². The van der Waals surface area contributed by atoms with E-state index in [9.17, 15) is 0 Å². The average Bonchev–Trinajstić information content (AvgIpc) is 2.43. The molecule has 2 N–H and O–H groups in total. The monoisotopic (exact) mass is 199 g/mol. The fraction of sp³-hybridized carbons (Fsp3) is 1.00. The maximum Gasteiger partial charge on any atom is 0.0445 e. The van der Waals surface area contributed by atoms with Crippen molar-refractivity contribution < 1.29 is 5.11 Å². The summed E-state index contributed by atoms with van der Waals surface area (Å²) < 4.78 is 0. The number of hydrogen-bond acceptors (Lipinski definition) is 2. The van der Waals surface area contributed by atoms with Crippen LogP contribution in [0.1, 0.15) is 51.9 Å². The summed E-state index contributed by atoms with van der Waals surface area (Å²) in [7, 11) is 0. The van der Waals surface area contributed by atoms with Crippen molar-refractivity contribution in [2.75, 3.05) is 13.2 Å². The average molecular weight is 199 g/mol. The van der Waals surface area contributed by atoms with Crippen molar-refractivity contribution in [3.8, 4) is 0 Å². The molecule has 1 fully saturated rings. The van der Waals surface area contributed by atoms with Crippen molar-refractivity contribution in [1.29, 1.82) is 0 Å². The molecule has 1 atom stereocenters. The van der Waals surface area contributed by atoms with Gasteiger partial charge in [0.05, 0.1) is 0 Å². The molecule has 1 aliphatic rings. The molecule has 1 aliphatic carbocycles. The van der Waals surface area contributed by atoms with E-state index in [0.717, 1.165) is 18.9 Å². The van der Waals surface area contributed by atoms with Crippen LogP contribution in [0.2, 0.25) is 0 Å². The fourth-order valence-electron chi connectivity index (χ4n) is 2.23. The van der Waals surface area contributed by atoms with E-state index in [4.69, 9.17) is 5.11 Å². The summed E-state index contributed by atoms with van der Waals surface area (Å²) in [4.78, 5) is 0. The third kappa shape index (κ3) is 4.97. The lowest BCUT2D eigenvalue weighted by Gasteiger charge is -2.18. The summed E-state index contributed by atoms with van der Waals surface area (Å²) in [5.74, 6) is 0.888. The van der Waals surface area contributed by atoms with Gasteiger partial charge in [0.1, 0.15) is 0 Å². The first-order valence-electron chi connectivity index (χ1n) is 6.17. The van der Waals surface area contributed by atoms with Gasteiger partial charge in [-0.2, -0.15) is 0 Å². The maximum atomic E-state index is 8.78. The fourth-order valence-corrected chi connectivity index (χ4v) is 2.23. The van der Waals surface area contributed by atoms with Gasteiger partial charge in [-0.05, 0) is 38.6 Å². The topological polar surface area (TPSA) is 32.3 Å². The first-order chi connectivity index (χ1) is 6.83. The zero-order valence-electron chi connectivity index (χ0n) is 9.47. The van der Waals surface area contributed by atoms with E-state index in [2.05, 4.69) is 12.2 Å². The van der Waals surface area contributed by atoms with Gasteiger partial charge in [-0.15, -0.1) is 0 Å². The Labute approximate surface area is 88.1 Å². The summed E-state index contributed by atoms with van der Waals surface area (Å²) in [6.45, 7) is 3.62. The van der Waals surface area contributed by atoms with Gasteiger partial charge in [-0.3, -0.25) is 0 Å². The van der Waals surface area contributed by atoms with Crippen LogP contribution in [0.4, 0.5) is 0 Å². The minimum atomic E-state index is 0.304. The summed E-state index contributed by atoms with van der Waals surface area (Å²) in [5.41, 5.74) is 0. The van der Waals surface area contributed by atoms with Crippen LogP contribution in [0, 0.1) is 5.92 Å². The molecule has 0 aromatic carbocycles. The van der Waals surface area contributed by atoms with Gasteiger partial charge in [0.25, 0.3) is 0 Å². The standard InChI is InChI=1S/C12H25NO/c1-11(8-9-14)13-10-12-6-4-2-3-5-7-12/h11-14H,2-10H2,1H3. The predicted molar refractivity (Wildman–Crippen MR) is 60.4 cm³/mol. The molecule has 14 heavy (non-hydrogen) atoms. The van der Waals surface area contributed by atoms with E-state index in [0.29, 0.717) is 12.6 Å². The molecule has 0 aromatic rings. The second-order valence-electron chi connectivity index (χ2n) is 4.68. The lowest BCUT2D eigenvalue weighted by molar-refractivity contribution is 0.264. The highest BCUT2D eigenvalue weighted by Gasteiger charge is 2.12. The molecule has 0 aromatic heterocycles. The number of rotatable bonds is 5. The summed E-state index contributed by atoms with van der Waals surface area (Å²) >= 11 is 0. The molecule has 1 rings (SSSR count). The van der Waals surface area contributed by atoms with Crippen LogP contribution in [-0.2, 0) is 0 Å². The Kier molecular flexibility index (Phi) is 6.20. The Balaban J connectivity index is 2.09. The molecule has 0 radical (unpaired) electrons. The van der Waals surface area contributed by atoms with Crippen molar-refractivity contribution in [3.05, 3.63) is 0 Å². The number of aliphatic hydroxyl groups excluding tert-OH is 1. The molecule has 0 aliphatic heterocycles. The van der Waals surface area contributed by atoms with E-state index in [1.54, 1.807) is 0 Å². The first-order valence-corrected chi connectivity index (χ1v) is 6.17. The number of hydrogen-bond donors (Lipinski definition) is 2. The highest BCUT2D eigenvalue weighted by Crippen LogP contribution is 2.22. The Bertz CT molecular complexity index is 130. The molecule has 1 saturated carbocycles. The number of aliphatic hydroxyl groups is 1. The van der Waals surface area contributed by atoms with Gasteiger partial charge in [0, 0.05) is 12.6 Å². The molecule has 1 unspecified atom stereocenters. The molecular weight excluding hydrogens is 174 g/mol. The molecular formula is C12H25NO. The first kappa shape index (κ1) is 12.0. The Morgan fingerprint density at radius 3 is 2.43 bits per heavy atom. The third-order valence-corrected chi connectivity index (χ3v) is 3.29. The van der Waals surface area contributed by atoms with E-state index in [1.807, 2.05) is 0 Å². The van der Waals surface area contributed by atoms with Crippen LogP contribution in [0.3, 0.4) is 0 Å². The lowest BCUT2D eigenvalue weighted by Crippen LogP contribution is -2.31. The van der Waals surface area contributed by atoms with Crippen LogP contribution in [0.5, 0.6) is 0 Å². The molecule has 0 saturated heterocycles. The zero-order valence-corrected chi connectivity index (χ0v) is 9.47. The van der Waals surface area contributed by atoms with Gasteiger partial charge >= 0.3 is 0 Å². The normalized spacial score (nSPS) is 21.9. The largest absolute Gasteiger partial charge is 0.396 e. The second-order valence-corrected chi connectivity index (χ2v) is 4.68. The van der Waals surface area contributed by atoms with E-state index >= 15 is 0 Å². The van der Waals surface area contributed by atoms with Gasteiger partial charge in [-0.25, -0.2) is 0 Å². The molecule has 2 heteroatoms. The van der Waals surface area contributed by atoms with Gasteiger partial charge in [-0.1, -0.05) is 25.7 Å². The Morgan fingerprint density at radius 1 is 1.21 bits per heavy atom. The molecule has 2 nitrogen and oxygen atoms in total. The van der Waals surface area contributed by atoms with Gasteiger partial charge < -0.3 is 10.4 Å². The van der Waals surface area contributed by atoms with Crippen molar-refractivity contribution in [2.24, 2.45) is 5.92 Å². The van der Waals surface area contributed by atoms with Crippen LogP contribution in [0.15, 0.2) is 0 Å². The van der Waals surface area contributed by atoms with Crippen molar-refractivity contribution in [2.45, 2.75) is 57.9 Å². The van der Waals surface area contributed by atoms with E-state index < -0.39 is 0 Å². The molecule has 0 bridgehead atoms. The minimum absolute atomic E-state index is 0.304. The highest BCUT2D eigenvalue weighted by atomic mass is 16.3. The van der Waals surface area contributed by atoms with Crippen LogP contribution < -0.4 is 5.32 Å². The SMILES string of the molecule is CC(CCO)NCC1CCCCCC1. The Morgan fingerprint density at radius 2 is 1.86 bits per heavy atom.